The lowest BCUT2D eigenvalue weighted by molar-refractivity contribution is -0.129. The van der Waals surface area contributed by atoms with E-state index in [0.717, 1.165) is 0 Å². The fraction of sp³-hybridized carbons (Fsp3) is 0.167. The second-order valence-electron chi connectivity index (χ2n) is 2.04. The number of hydrogen-bond donors (Lipinski definition) is 1. The highest BCUT2D eigenvalue weighted by atomic mass is 35.5. The van der Waals surface area contributed by atoms with E-state index >= 15 is 0 Å². The van der Waals surface area contributed by atoms with E-state index in [4.69, 9.17) is 5.84 Å². The van der Waals surface area contributed by atoms with Gasteiger partial charge in [-0.1, -0.05) is 0 Å². The van der Waals surface area contributed by atoms with Gasteiger partial charge >= 0.3 is 6.30 Å². The number of nitrogens with zero attached hydrogens (tertiary/aromatic N) is 2. The Morgan fingerprint density at radius 1 is 1.23 bits per heavy atom. The fourth-order valence-corrected chi connectivity index (χ4v) is 0.651. The molecular formula is C6H7ClF3N3. The van der Waals surface area contributed by atoms with E-state index in [1.54, 1.807) is 0 Å². The zero-order chi connectivity index (χ0) is 9.19. The molecule has 0 saturated carbocycles. The van der Waals surface area contributed by atoms with Gasteiger partial charge in [0.05, 0.1) is 5.69 Å². The third-order valence-corrected chi connectivity index (χ3v) is 1.21. The third kappa shape index (κ3) is 3.08. The van der Waals surface area contributed by atoms with Crippen molar-refractivity contribution in [1.29, 1.82) is 0 Å². The highest BCUT2D eigenvalue weighted by Crippen LogP contribution is 2.23. The highest BCUT2D eigenvalue weighted by molar-refractivity contribution is 5.85. The summed E-state index contributed by atoms with van der Waals surface area (Å²) in [4.78, 5) is 3.56. The molecule has 0 unspecified atom stereocenters. The Hall–Kier alpha value is -1.01. The fourth-order valence-electron chi connectivity index (χ4n) is 0.651. The van der Waals surface area contributed by atoms with Crippen molar-refractivity contribution in [1.82, 2.24) is 4.98 Å². The van der Waals surface area contributed by atoms with Gasteiger partial charge in [-0.15, -0.1) is 25.6 Å². The predicted octanol–water partition coefficient (Wildman–Crippen LogP) is 1.70. The summed E-state index contributed by atoms with van der Waals surface area (Å²) in [6.45, 7) is 0. The molecule has 1 heterocycles. The van der Waals surface area contributed by atoms with Gasteiger partial charge in [0.1, 0.15) is 0 Å². The molecule has 0 aliphatic carbocycles. The number of hydrazine groups is 1. The first kappa shape index (κ1) is 12.0. The summed E-state index contributed by atoms with van der Waals surface area (Å²) in [6.07, 6.45) is -2.08. The van der Waals surface area contributed by atoms with Crippen LogP contribution in [-0.4, -0.2) is 11.3 Å². The summed E-state index contributed by atoms with van der Waals surface area (Å²) < 4.78 is 35.7. The first-order valence-electron chi connectivity index (χ1n) is 3.03. The average Bonchev–Trinajstić information content (AvgIpc) is 2.03. The van der Waals surface area contributed by atoms with E-state index in [0.29, 0.717) is 0 Å². The van der Waals surface area contributed by atoms with Gasteiger partial charge in [0.2, 0.25) is 0 Å². The van der Waals surface area contributed by atoms with E-state index in [1.165, 1.54) is 24.5 Å². The van der Waals surface area contributed by atoms with Crippen LogP contribution in [0.3, 0.4) is 0 Å². The number of rotatable bonds is 1. The quantitative estimate of drug-likeness (QED) is 0.439. The van der Waals surface area contributed by atoms with Crippen LogP contribution >= 0.6 is 12.4 Å². The molecule has 7 heteroatoms. The first-order valence-corrected chi connectivity index (χ1v) is 3.03. The largest absolute Gasteiger partial charge is 0.498 e. The number of aromatic nitrogens is 1. The van der Waals surface area contributed by atoms with Gasteiger partial charge in [-0.05, 0) is 12.1 Å². The van der Waals surface area contributed by atoms with Gasteiger partial charge in [-0.2, -0.15) is 0 Å². The van der Waals surface area contributed by atoms with Crippen LogP contribution in [0.5, 0.6) is 0 Å². The minimum absolute atomic E-state index is 0. The minimum atomic E-state index is -4.55. The summed E-state index contributed by atoms with van der Waals surface area (Å²) in [6, 6.07) is 2.35. The van der Waals surface area contributed by atoms with E-state index in [-0.39, 0.29) is 23.1 Å². The molecule has 3 nitrogen and oxygen atoms in total. The van der Waals surface area contributed by atoms with E-state index < -0.39 is 6.30 Å². The van der Waals surface area contributed by atoms with Crippen LogP contribution < -0.4 is 10.9 Å². The Balaban J connectivity index is 0.00000144. The summed E-state index contributed by atoms with van der Waals surface area (Å²) >= 11 is 0. The molecule has 0 fully saturated rings. The molecule has 74 valence electrons. The molecule has 0 bridgehead atoms. The molecule has 0 spiro atoms. The first-order chi connectivity index (χ1) is 5.52. The Labute approximate surface area is 78.7 Å². The molecular weight excluding hydrogens is 207 g/mol. The maximum absolute atomic E-state index is 11.9. The van der Waals surface area contributed by atoms with Gasteiger partial charge in [0, 0.05) is 12.4 Å². The second-order valence-corrected chi connectivity index (χ2v) is 2.04. The lowest BCUT2D eigenvalue weighted by Gasteiger charge is -2.20. The van der Waals surface area contributed by atoms with Crippen LogP contribution in [0, 0.1) is 0 Å². The van der Waals surface area contributed by atoms with Crippen LogP contribution in [0.15, 0.2) is 24.5 Å². The van der Waals surface area contributed by atoms with Gasteiger partial charge < -0.3 is 0 Å². The molecule has 0 saturated heterocycles. The molecule has 0 amide bonds. The van der Waals surface area contributed by atoms with Crippen LogP contribution in [0.25, 0.3) is 0 Å². The molecule has 0 radical (unpaired) electrons. The summed E-state index contributed by atoms with van der Waals surface area (Å²) in [5, 5.41) is -0.269. The smallest absolute Gasteiger partial charge is 0.265 e. The number of halogens is 4. The molecule has 1 aromatic heterocycles. The van der Waals surface area contributed by atoms with Crippen molar-refractivity contribution in [2.24, 2.45) is 5.84 Å². The lowest BCUT2D eigenvalue weighted by Crippen LogP contribution is -2.43. The molecule has 13 heavy (non-hydrogen) atoms. The number of nitrogens with two attached hydrogens (primary N) is 1. The summed E-state index contributed by atoms with van der Waals surface area (Å²) in [5.74, 6) is 4.75. The van der Waals surface area contributed by atoms with Crippen LogP contribution in [0.2, 0.25) is 0 Å². The summed E-state index contributed by atoms with van der Waals surface area (Å²) in [7, 11) is 0. The topological polar surface area (TPSA) is 42.1 Å². The van der Waals surface area contributed by atoms with Crippen molar-refractivity contribution in [2.45, 2.75) is 6.30 Å². The molecule has 1 aromatic rings. The number of alkyl halides is 3. The zero-order valence-electron chi connectivity index (χ0n) is 6.32. The minimum Gasteiger partial charge on any atom is -0.265 e. The van der Waals surface area contributed by atoms with Crippen molar-refractivity contribution in [3.05, 3.63) is 24.5 Å². The van der Waals surface area contributed by atoms with Crippen molar-refractivity contribution >= 4 is 18.1 Å². The maximum Gasteiger partial charge on any atom is 0.498 e. The van der Waals surface area contributed by atoms with E-state index in [2.05, 4.69) is 4.98 Å². The Bertz CT molecular complexity index is 251. The molecule has 1 rings (SSSR count). The van der Waals surface area contributed by atoms with Crippen LogP contribution in [-0.2, 0) is 0 Å². The van der Waals surface area contributed by atoms with Gasteiger partial charge in [-0.3, -0.25) is 4.98 Å². The van der Waals surface area contributed by atoms with Crippen molar-refractivity contribution in [3.63, 3.8) is 0 Å². The second kappa shape index (κ2) is 4.29. The third-order valence-electron chi connectivity index (χ3n) is 1.21. The van der Waals surface area contributed by atoms with E-state index in [1.807, 2.05) is 0 Å². The predicted molar refractivity (Wildman–Crippen MR) is 44.2 cm³/mol. The van der Waals surface area contributed by atoms with E-state index in [9.17, 15) is 13.2 Å². The molecule has 0 aliphatic rings. The Kier molecular flexibility index (Phi) is 3.96. The molecule has 0 atom stereocenters. The molecule has 2 N–H and O–H groups in total. The molecule has 0 aromatic carbocycles. The SMILES string of the molecule is Cl.NN(c1ccncc1)C(F)(F)F. The number of hydrogen-bond acceptors (Lipinski definition) is 3. The number of anilines is 1. The van der Waals surface area contributed by atoms with Crippen molar-refractivity contribution in [3.8, 4) is 0 Å². The normalized spacial score (nSPS) is 10.5. The van der Waals surface area contributed by atoms with Crippen molar-refractivity contribution in [2.75, 3.05) is 5.01 Å². The lowest BCUT2D eigenvalue weighted by atomic mass is 10.4. The van der Waals surface area contributed by atoms with Gasteiger partial charge in [-0.25, -0.2) is 10.9 Å². The van der Waals surface area contributed by atoms with Crippen LogP contribution in [0.4, 0.5) is 18.9 Å². The maximum atomic E-state index is 11.9. The van der Waals surface area contributed by atoms with Crippen molar-refractivity contribution < 1.29 is 13.2 Å². The van der Waals surface area contributed by atoms with Gasteiger partial charge in [0.15, 0.2) is 0 Å². The average molecular weight is 214 g/mol. The Morgan fingerprint density at radius 3 is 2.08 bits per heavy atom. The Morgan fingerprint density at radius 2 is 1.69 bits per heavy atom. The highest BCUT2D eigenvalue weighted by Gasteiger charge is 2.35. The monoisotopic (exact) mass is 213 g/mol. The molecule has 0 aliphatic heterocycles. The zero-order valence-corrected chi connectivity index (χ0v) is 7.14. The number of pyridine rings is 1. The van der Waals surface area contributed by atoms with Gasteiger partial charge in [0.25, 0.3) is 0 Å². The van der Waals surface area contributed by atoms with Crippen LogP contribution in [0.1, 0.15) is 0 Å². The standard InChI is InChI=1S/C6H6F3N3.ClH/c7-6(8,9)12(10)5-1-3-11-4-2-5;/h1-4H,10H2;1H. The summed E-state index contributed by atoms with van der Waals surface area (Å²) in [5.41, 5.74) is -0.141.